The lowest BCUT2D eigenvalue weighted by molar-refractivity contribution is -0.122. The van der Waals surface area contributed by atoms with E-state index in [0.717, 1.165) is 52.7 Å². The quantitative estimate of drug-likeness (QED) is 0.821. The van der Waals surface area contributed by atoms with E-state index >= 15 is 0 Å². The van der Waals surface area contributed by atoms with Crippen molar-refractivity contribution in [1.29, 1.82) is 0 Å². The number of fused-ring (bicyclic) bond motifs is 4. The third-order valence-corrected chi connectivity index (χ3v) is 6.47. The highest BCUT2D eigenvalue weighted by molar-refractivity contribution is 5.99. The van der Waals surface area contributed by atoms with Gasteiger partial charge in [0.05, 0.1) is 34.5 Å². The molecule has 0 aromatic carbocycles. The van der Waals surface area contributed by atoms with Crippen LogP contribution in [-0.2, 0) is 4.79 Å². The van der Waals surface area contributed by atoms with Gasteiger partial charge in [-0.1, -0.05) is 12.2 Å². The van der Waals surface area contributed by atoms with Crippen LogP contribution in [0.2, 0.25) is 0 Å². The molecule has 31 heavy (non-hydrogen) atoms. The molecule has 2 fully saturated rings. The van der Waals surface area contributed by atoms with Crippen LogP contribution >= 0.6 is 0 Å². The lowest BCUT2D eigenvalue weighted by Crippen LogP contribution is -2.43. The molecular formula is C24H24N6O. The first-order chi connectivity index (χ1) is 15.0. The Kier molecular flexibility index (Phi) is 4.01. The van der Waals surface area contributed by atoms with Crippen LogP contribution < -0.4 is 5.32 Å². The predicted octanol–water partition coefficient (Wildman–Crippen LogP) is 2.47. The van der Waals surface area contributed by atoms with Gasteiger partial charge in [0.25, 0.3) is 5.91 Å². The minimum absolute atomic E-state index is 0.0713. The molecule has 6 heterocycles. The van der Waals surface area contributed by atoms with Crippen molar-refractivity contribution in [3.63, 3.8) is 0 Å². The minimum Gasteiger partial charge on any atom is -0.364 e. The summed E-state index contributed by atoms with van der Waals surface area (Å²) in [4.78, 5) is 21.9. The second-order valence-electron chi connectivity index (χ2n) is 8.62. The number of aryl methyl sites for hydroxylation is 2. The number of allylic oxidation sites excluding steroid dienone is 6. The highest BCUT2D eigenvalue weighted by Gasteiger charge is 2.38. The maximum Gasteiger partial charge on any atom is 0.255 e. The summed E-state index contributed by atoms with van der Waals surface area (Å²) >= 11 is 0. The van der Waals surface area contributed by atoms with E-state index in [0.29, 0.717) is 12.1 Å². The van der Waals surface area contributed by atoms with Gasteiger partial charge in [-0.3, -0.25) is 14.7 Å². The molecule has 7 nitrogen and oxygen atoms in total. The van der Waals surface area contributed by atoms with Crippen LogP contribution in [0.25, 0.3) is 11.1 Å². The Labute approximate surface area is 180 Å². The number of likely N-dealkylation sites (tertiary alicyclic amines) is 1. The average molecular weight is 412 g/mol. The number of carbonyl (C=O) groups excluding carboxylic acids is 1. The minimum atomic E-state index is -0.0713. The van der Waals surface area contributed by atoms with E-state index in [-0.39, 0.29) is 5.91 Å². The number of aromatic nitrogens is 3. The summed E-state index contributed by atoms with van der Waals surface area (Å²) in [5.41, 5.74) is 6.30. The Hall–Kier alpha value is -3.45. The molecule has 6 rings (SSSR count). The highest BCUT2D eigenvalue weighted by atomic mass is 16.2. The van der Waals surface area contributed by atoms with E-state index < -0.39 is 0 Å². The van der Waals surface area contributed by atoms with Gasteiger partial charge in [-0.2, -0.15) is 5.10 Å². The number of nitrogens with zero attached hydrogens (tertiary/aromatic N) is 5. The third-order valence-electron chi connectivity index (χ3n) is 6.47. The summed E-state index contributed by atoms with van der Waals surface area (Å²) in [5.74, 6) is -0.0713. The number of carbonyl (C=O) groups is 1. The zero-order chi connectivity index (χ0) is 21.1. The van der Waals surface area contributed by atoms with Crippen molar-refractivity contribution in [1.82, 2.24) is 29.7 Å². The van der Waals surface area contributed by atoms with Crippen molar-refractivity contribution < 1.29 is 4.79 Å². The van der Waals surface area contributed by atoms with E-state index in [1.54, 1.807) is 11.0 Å². The number of hydrogen-bond acceptors (Lipinski definition) is 5. The van der Waals surface area contributed by atoms with Gasteiger partial charge in [-0.15, -0.1) is 0 Å². The molecule has 1 N–H and O–H groups in total. The number of piperazine rings is 1. The first-order valence-corrected chi connectivity index (χ1v) is 10.7. The molecule has 2 bridgehead atoms. The Morgan fingerprint density at radius 3 is 2.84 bits per heavy atom. The molecule has 0 saturated carbocycles. The van der Waals surface area contributed by atoms with E-state index in [2.05, 4.69) is 21.3 Å². The predicted molar refractivity (Wildman–Crippen MR) is 119 cm³/mol. The van der Waals surface area contributed by atoms with E-state index in [9.17, 15) is 4.79 Å². The van der Waals surface area contributed by atoms with Crippen molar-refractivity contribution in [3.8, 4) is 0 Å². The van der Waals surface area contributed by atoms with Gasteiger partial charge in [0, 0.05) is 48.7 Å². The first kappa shape index (κ1) is 18.3. The highest BCUT2D eigenvalue weighted by Crippen LogP contribution is 2.31. The van der Waals surface area contributed by atoms with Gasteiger partial charge in [0.15, 0.2) is 0 Å². The molecule has 4 aliphatic heterocycles. The normalized spacial score (nSPS) is 29.2. The smallest absolute Gasteiger partial charge is 0.255 e. The van der Waals surface area contributed by atoms with Gasteiger partial charge in [-0.05, 0) is 44.6 Å². The Balaban J connectivity index is 1.35. The maximum atomic E-state index is 13.3. The molecular weight excluding hydrogens is 388 g/mol. The average Bonchev–Trinajstić information content (AvgIpc) is 3.47. The number of amides is 1. The van der Waals surface area contributed by atoms with E-state index in [1.807, 2.05) is 61.1 Å². The Bertz CT molecular complexity index is 1260. The topological polar surface area (TPSA) is 65.8 Å². The molecule has 156 valence electrons. The van der Waals surface area contributed by atoms with Crippen molar-refractivity contribution in [2.75, 3.05) is 13.1 Å². The summed E-state index contributed by atoms with van der Waals surface area (Å²) in [5, 5.41) is 8.23. The molecule has 2 aromatic heterocycles. The molecule has 0 aliphatic carbocycles. The van der Waals surface area contributed by atoms with Crippen LogP contribution in [-0.4, -0.2) is 55.5 Å². The van der Waals surface area contributed by atoms with Crippen LogP contribution in [0.4, 0.5) is 0 Å². The van der Waals surface area contributed by atoms with E-state index in [4.69, 9.17) is 5.10 Å². The molecule has 2 atom stereocenters. The Morgan fingerprint density at radius 1 is 1.16 bits per heavy atom. The van der Waals surface area contributed by atoms with Gasteiger partial charge in [0.1, 0.15) is 0 Å². The molecule has 0 radical (unpaired) electrons. The van der Waals surface area contributed by atoms with Crippen molar-refractivity contribution >= 4 is 17.0 Å². The number of hydrogen-bond donors (Lipinski definition) is 1. The molecule has 1 amide bonds. The SMILES string of the molecule is Cc1cn2nc(C3=C\C(=O)N4C=C(N5C[C@@H]6C[C@H]5CN6)C=C\C4=C/C=C/3)cc2c(C)n1. The van der Waals surface area contributed by atoms with Gasteiger partial charge >= 0.3 is 0 Å². The summed E-state index contributed by atoms with van der Waals surface area (Å²) in [7, 11) is 0. The summed E-state index contributed by atoms with van der Waals surface area (Å²) in [6, 6.07) is 3.06. The number of rotatable bonds is 2. The first-order valence-electron chi connectivity index (χ1n) is 10.7. The summed E-state index contributed by atoms with van der Waals surface area (Å²) in [6.45, 7) is 5.94. The molecule has 2 aromatic rings. The standard InChI is InChI=1S/C24H24N6O/c1-15-12-30-23(16(2)26-15)10-22(27-30)17-4-3-5-19-6-7-20(14-29(19)24(31)8-17)28-13-18-9-21(28)11-25-18/h3-8,10,12,14,18,21,25H,9,11,13H2,1-2H3/b4-3+,17-8+,19-5+/t18-,21-/m0/s1. The lowest BCUT2D eigenvalue weighted by atomic mass is 10.1. The zero-order valence-corrected chi connectivity index (χ0v) is 17.6. The Morgan fingerprint density at radius 2 is 2.03 bits per heavy atom. The van der Waals surface area contributed by atoms with Crippen LogP contribution in [0.15, 0.2) is 66.3 Å². The monoisotopic (exact) mass is 412 g/mol. The molecule has 0 unspecified atom stereocenters. The second kappa shape index (κ2) is 6.78. The van der Waals surface area contributed by atoms with Gasteiger partial charge in [-0.25, -0.2) is 4.52 Å². The molecule has 7 heteroatoms. The fraction of sp³-hybridized carbons (Fsp3) is 0.292. The van der Waals surface area contributed by atoms with Crippen molar-refractivity contribution in [3.05, 3.63) is 83.4 Å². The molecule has 2 saturated heterocycles. The summed E-state index contributed by atoms with van der Waals surface area (Å²) in [6.07, 6.45) is 16.8. The fourth-order valence-corrected chi connectivity index (χ4v) is 4.97. The van der Waals surface area contributed by atoms with Gasteiger partial charge < -0.3 is 10.2 Å². The van der Waals surface area contributed by atoms with Crippen LogP contribution in [0, 0.1) is 13.8 Å². The maximum absolute atomic E-state index is 13.3. The van der Waals surface area contributed by atoms with Gasteiger partial charge in [0.2, 0.25) is 0 Å². The van der Waals surface area contributed by atoms with E-state index in [1.165, 1.54) is 6.42 Å². The number of nitrogens with one attached hydrogen (secondary N) is 1. The zero-order valence-electron chi connectivity index (χ0n) is 17.6. The second-order valence-corrected chi connectivity index (χ2v) is 8.62. The summed E-state index contributed by atoms with van der Waals surface area (Å²) < 4.78 is 1.84. The molecule has 0 spiro atoms. The third kappa shape index (κ3) is 3.04. The molecule has 4 aliphatic rings. The van der Waals surface area contributed by atoms with Crippen LogP contribution in [0.3, 0.4) is 0 Å². The van der Waals surface area contributed by atoms with Crippen molar-refractivity contribution in [2.24, 2.45) is 0 Å². The lowest BCUT2D eigenvalue weighted by Gasteiger charge is -2.34. The van der Waals surface area contributed by atoms with Crippen LogP contribution in [0.5, 0.6) is 0 Å². The fourth-order valence-electron chi connectivity index (χ4n) is 4.97. The van der Waals surface area contributed by atoms with Crippen LogP contribution in [0.1, 0.15) is 23.5 Å². The largest absolute Gasteiger partial charge is 0.364 e. The van der Waals surface area contributed by atoms with Crippen molar-refractivity contribution in [2.45, 2.75) is 32.4 Å².